The molecule has 4 rings (SSSR count). The van der Waals surface area contributed by atoms with Crippen LogP contribution in [0.3, 0.4) is 0 Å². The van der Waals surface area contributed by atoms with Crippen LogP contribution in [-0.2, 0) is 33.4 Å². The summed E-state index contributed by atoms with van der Waals surface area (Å²) in [5.74, 6) is 4.48. The molecule has 1 amide bonds. The second-order valence-corrected chi connectivity index (χ2v) is 18.2. The van der Waals surface area contributed by atoms with E-state index in [2.05, 4.69) is 47.6 Å². The van der Waals surface area contributed by atoms with Gasteiger partial charge in [0.2, 0.25) is 5.91 Å². The largest absolute Gasteiger partial charge is 0.466 e. The molecular weight excluding hydrogens is 666 g/mol. The molecule has 8 heteroatoms. The molecule has 4 aliphatic carbocycles. The van der Waals surface area contributed by atoms with Gasteiger partial charge in [0, 0.05) is 25.8 Å². The Labute approximate surface area is 322 Å². The average Bonchev–Trinajstić information content (AvgIpc) is 3.47. The monoisotopic (exact) mass is 742 g/mol. The Morgan fingerprint density at radius 2 is 1.49 bits per heavy atom. The van der Waals surface area contributed by atoms with Crippen molar-refractivity contribution >= 4 is 23.8 Å². The van der Waals surface area contributed by atoms with Gasteiger partial charge in [-0.05, 0) is 124 Å². The number of nitrogens with zero attached hydrogens (tertiary/aromatic N) is 1. The summed E-state index contributed by atoms with van der Waals surface area (Å²) in [6, 6.07) is 0. The van der Waals surface area contributed by atoms with E-state index in [1.165, 1.54) is 49.8 Å². The summed E-state index contributed by atoms with van der Waals surface area (Å²) in [6.07, 6.45) is 18.7. The van der Waals surface area contributed by atoms with Crippen molar-refractivity contribution in [2.45, 2.75) is 171 Å². The molecule has 53 heavy (non-hydrogen) atoms. The van der Waals surface area contributed by atoms with Crippen LogP contribution in [0.2, 0.25) is 0 Å². The lowest BCUT2D eigenvalue weighted by Crippen LogP contribution is -2.51. The van der Waals surface area contributed by atoms with Gasteiger partial charge in [0.1, 0.15) is 12.6 Å². The maximum atomic E-state index is 12.9. The average molecular weight is 742 g/mol. The van der Waals surface area contributed by atoms with Crippen LogP contribution in [-0.4, -0.2) is 61.1 Å². The molecule has 9 atom stereocenters. The highest BCUT2D eigenvalue weighted by Gasteiger charge is 2.59. The van der Waals surface area contributed by atoms with Crippen LogP contribution >= 0.6 is 0 Å². The van der Waals surface area contributed by atoms with Gasteiger partial charge in [-0.1, -0.05) is 78.9 Å². The van der Waals surface area contributed by atoms with Gasteiger partial charge in [-0.15, -0.1) is 0 Å². The number of hydrogen-bond acceptors (Lipinski definition) is 7. The van der Waals surface area contributed by atoms with Crippen molar-refractivity contribution in [1.82, 2.24) is 4.90 Å². The molecule has 0 heterocycles. The second kappa shape index (κ2) is 20.0. The molecule has 0 saturated heterocycles. The van der Waals surface area contributed by atoms with Crippen molar-refractivity contribution in [3.8, 4) is 0 Å². The molecule has 0 aromatic rings. The number of hydrogen-bond donors (Lipinski definition) is 0. The highest BCUT2D eigenvalue weighted by atomic mass is 16.5. The Morgan fingerprint density at radius 3 is 2.19 bits per heavy atom. The number of ether oxygens (including phenoxy) is 3. The van der Waals surface area contributed by atoms with E-state index in [-0.39, 0.29) is 62.5 Å². The highest BCUT2D eigenvalue weighted by molar-refractivity contribution is 5.82. The quantitative estimate of drug-likeness (QED) is 0.0530. The smallest absolute Gasteiger partial charge is 0.325 e. The van der Waals surface area contributed by atoms with Gasteiger partial charge < -0.3 is 19.1 Å². The van der Waals surface area contributed by atoms with Gasteiger partial charge in [0.15, 0.2) is 0 Å². The first-order valence-corrected chi connectivity index (χ1v) is 21.7. The molecule has 0 radical (unpaired) electrons. The van der Waals surface area contributed by atoms with Crippen molar-refractivity contribution in [2.24, 2.45) is 52.3 Å². The van der Waals surface area contributed by atoms with Crippen molar-refractivity contribution in [1.29, 1.82) is 0 Å². The molecular formula is C45H75NO7. The molecule has 3 fully saturated rings. The molecule has 5 unspecified atom stereocenters. The zero-order valence-corrected chi connectivity index (χ0v) is 34.9. The van der Waals surface area contributed by atoms with Crippen molar-refractivity contribution < 1.29 is 33.4 Å². The lowest BCUT2D eigenvalue weighted by molar-refractivity contribution is -0.152. The number of fused-ring (bicyclic) bond motifs is 5. The number of allylic oxidation sites excluding steroid dienone is 1. The maximum absolute atomic E-state index is 12.9. The molecule has 0 spiro atoms. The van der Waals surface area contributed by atoms with E-state index in [4.69, 9.17) is 14.2 Å². The number of carbonyl (C=O) groups is 4. The van der Waals surface area contributed by atoms with Crippen LogP contribution in [0.25, 0.3) is 0 Å². The lowest BCUT2D eigenvalue weighted by Gasteiger charge is -2.58. The summed E-state index contributed by atoms with van der Waals surface area (Å²) in [5, 5.41) is 0. The Balaban J connectivity index is 1.19. The third-order valence-corrected chi connectivity index (χ3v) is 14.6. The Morgan fingerprint density at radius 1 is 0.792 bits per heavy atom. The molecule has 0 aromatic carbocycles. The van der Waals surface area contributed by atoms with Crippen molar-refractivity contribution in [3.05, 3.63) is 11.6 Å². The topological polar surface area (TPSA) is 99.2 Å². The first-order chi connectivity index (χ1) is 25.2. The Hall–Kier alpha value is -2.38. The lowest BCUT2D eigenvalue weighted by atomic mass is 9.46. The van der Waals surface area contributed by atoms with Crippen LogP contribution in [0, 0.1) is 52.3 Å². The zero-order chi connectivity index (χ0) is 38.8. The van der Waals surface area contributed by atoms with Gasteiger partial charge in [-0.25, -0.2) is 0 Å². The molecule has 0 aromatic heterocycles. The van der Waals surface area contributed by atoms with E-state index in [0.717, 1.165) is 80.0 Å². The third-order valence-electron chi connectivity index (χ3n) is 14.6. The van der Waals surface area contributed by atoms with E-state index < -0.39 is 11.9 Å². The fourth-order valence-corrected chi connectivity index (χ4v) is 11.3. The summed E-state index contributed by atoms with van der Waals surface area (Å²) in [6.45, 7) is 18.9. The molecule has 3 saturated carbocycles. The predicted molar refractivity (Wildman–Crippen MR) is 210 cm³/mol. The van der Waals surface area contributed by atoms with Crippen molar-refractivity contribution in [3.63, 3.8) is 0 Å². The number of rotatable bonds is 20. The number of esters is 3. The minimum absolute atomic E-state index is 0.0196. The zero-order valence-electron chi connectivity index (χ0n) is 34.9. The SMILES string of the molecule is CCOC(=O)CCN(CC(=O)OCC)C(=O)CCCCCCC(=O)O[C@H]1CC[C@@]2(C)C(=CCC3C2CC[C@@]2(C)C3CC[C@@H]2C(C)C(C)CCC(C)C)C1. The van der Waals surface area contributed by atoms with E-state index in [9.17, 15) is 19.2 Å². The first-order valence-electron chi connectivity index (χ1n) is 21.7. The maximum Gasteiger partial charge on any atom is 0.325 e. The molecule has 8 nitrogen and oxygen atoms in total. The van der Waals surface area contributed by atoms with Crippen LogP contribution in [0.4, 0.5) is 0 Å². The van der Waals surface area contributed by atoms with E-state index in [0.29, 0.717) is 18.3 Å². The number of unbranched alkanes of at least 4 members (excludes halogenated alkanes) is 3. The molecule has 4 aliphatic rings. The molecule has 0 N–H and O–H groups in total. The second-order valence-electron chi connectivity index (χ2n) is 18.2. The fraction of sp³-hybridized carbons (Fsp3) is 0.867. The molecule has 302 valence electrons. The highest BCUT2D eigenvalue weighted by Crippen LogP contribution is 2.67. The van der Waals surface area contributed by atoms with Crippen LogP contribution in [0.1, 0.15) is 165 Å². The van der Waals surface area contributed by atoms with Gasteiger partial charge in [0.25, 0.3) is 0 Å². The van der Waals surface area contributed by atoms with Crippen LogP contribution in [0.15, 0.2) is 11.6 Å². The molecule has 0 bridgehead atoms. The first kappa shape index (κ1) is 43.3. The summed E-state index contributed by atoms with van der Waals surface area (Å²) < 4.78 is 16.1. The number of carbonyl (C=O) groups excluding carboxylic acids is 4. The summed E-state index contributed by atoms with van der Waals surface area (Å²) in [5.41, 5.74) is 2.27. The van der Waals surface area contributed by atoms with Crippen LogP contribution in [0.5, 0.6) is 0 Å². The van der Waals surface area contributed by atoms with Gasteiger partial charge in [-0.3, -0.25) is 19.2 Å². The Kier molecular flexibility index (Phi) is 16.3. The number of amides is 1. The normalized spacial score (nSPS) is 30.3. The van der Waals surface area contributed by atoms with E-state index >= 15 is 0 Å². The third kappa shape index (κ3) is 11.1. The van der Waals surface area contributed by atoms with E-state index in [1.807, 2.05) is 0 Å². The minimum Gasteiger partial charge on any atom is -0.466 e. The summed E-state index contributed by atoms with van der Waals surface area (Å²) in [7, 11) is 0. The minimum atomic E-state index is -0.485. The van der Waals surface area contributed by atoms with Crippen molar-refractivity contribution in [2.75, 3.05) is 26.3 Å². The molecule has 0 aliphatic heterocycles. The standard InChI is InChI=1S/C45H75NO7/c1-9-51-41(48)25-28-46(30-43(50)52-10-2)40(47)15-13-11-12-14-16-42(49)53-35-23-26-44(7)34(29-35)19-20-36-38-22-21-37(45(38,8)27-24-39(36)44)33(6)32(5)18-17-31(3)4/h19,31-33,35-39H,9-18,20-30H2,1-8H3/t32?,33?,35-,36?,37+,38?,39?,44-,45+/m0/s1. The fourth-order valence-electron chi connectivity index (χ4n) is 11.3. The van der Waals surface area contributed by atoms with E-state index in [1.54, 1.807) is 19.4 Å². The van der Waals surface area contributed by atoms with Gasteiger partial charge in [0.05, 0.1) is 19.6 Å². The predicted octanol–water partition coefficient (Wildman–Crippen LogP) is 9.87. The summed E-state index contributed by atoms with van der Waals surface area (Å²) in [4.78, 5) is 51.0. The van der Waals surface area contributed by atoms with Gasteiger partial charge >= 0.3 is 17.9 Å². The Bertz CT molecular complexity index is 1260. The van der Waals surface area contributed by atoms with Gasteiger partial charge in [-0.2, -0.15) is 0 Å². The summed E-state index contributed by atoms with van der Waals surface area (Å²) >= 11 is 0. The van der Waals surface area contributed by atoms with Crippen LogP contribution < -0.4 is 0 Å².